The molecule has 0 aliphatic heterocycles. The number of aliphatic imine (C=N–C) groups is 2. The molecule has 0 aromatic rings. The molecule has 0 spiro atoms. The standard InChI is InChI=1S/C21H46N2O3Si2/c1-7-24-27(4,5)20-14-18-22-16-12-10-11-13-17-23-19-15-21-28(6,25-8-2)26-9-3/h16-17H,7-15,18-21H2,1-6H3. The summed E-state index contributed by atoms with van der Waals surface area (Å²) in [6, 6.07) is 2.22. The predicted molar refractivity (Wildman–Crippen MR) is 128 cm³/mol. The summed E-state index contributed by atoms with van der Waals surface area (Å²) in [5.74, 6) is 0. The molecule has 0 fully saturated rings. The van der Waals surface area contributed by atoms with Crippen molar-refractivity contribution in [2.24, 2.45) is 9.98 Å². The molecule has 0 radical (unpaired) electrons. The Kier molecular flexibility index (Phi) is 17.3. The minimum absolute atomic E-state index is 0.738. The molecule has 166 valence electrons. The second kappa shape index (κ2) is 17.5. The Hall–Kier alpha value is -0.346. The molecule has 0 amide bonds. The van der Waals surface area contributed by atoms with Gasteiger partial charge in [0.2, 0.25) is 0 Å². The highest BCUT2D eigenvalue weighted by Crippen LogP contribution is 2.16. The monoisotopic (exact) mass is 430 g/mol. The highest BCUT2D eigenvalue weighted by atomic mass is 28.4. The van der Waals surface area contributed by atoms with Gasteiger partial charge < -0.3 is 13.3 Å². The van der Waals surface area contributed by atoms with E-state index in [-0.39, 0.29) is 0 Å². The van der Waals surface area contributed by atoms with Gasteiger partial charge in [0.05, 0.1) is 0 Å². The van der Waals surface area contributed by atoms with Gasteiger partial charge in [0.15, 0.2) is 8.32 Å². The van der Waals surface area contributed by atoms with E-state index in [9.17, 15) is 0 Å². The average Bonchev–Trinajstić information content (AvgIpc) is 2.62. The van der Waals surface area contributed by atoms with E-state index in [0.29, 0.717) is 0 Å². The molecule has 0 aromatic heterocycles. The molecule has 0 bridgehead atoms. The van der Waals surface area contributed by atoms with E-state index in [2.05, 4.69) is 49.0 Å². The van der Waals surface area contributed by atoms with Crippen LogP contribution in [0, 0.1) is 0 Å². The molecule has 0 atom stereocenters. The van der Waals surface area contributed by atoms with Crippen molar-refractivity contribution in [3.05, 3.63) is 0 Å². The lowest BCUT2D eigenvalue weighted by Crippen LogP contribution is -2.38. The molecule has 7 heteroatoms. The molecule has 0 saturated heterocycles. The van der Waals surface area contributed by atoms with Gasteiger partial charge in [0.25, 0.3) is 0 Å². The zero-order valence-corrected chi connectivity index (χ0v) is 21.5. The second-order valence-corrected chi connectivity index (χ2v) is 15.5. The van der Waals surface area contributed by atoms with Crippen molar-refractivity contribution in [1.82, 2.24) is 0 Å². The lowest BCUT2D eigenvalue weighted by atomic mass is 10.2. The van der Waals surface area contributed by atoms with E-state index in [4.69, 9.17) is 13.3 Å². The zero-order valence-electron chi connectivity index (χ0n) is 19.5. The Morgan fingerprint density at radius 1 is 0.643 bits per heavy atom. The van der Waals surface area contributed by atoms with Crippen LogP contribution in [0.5, 0.6) is 0 Å². The molecule has 0 heterocycles. The lowest BCUT2D eigenvalue weighted by molar-refractivity contribution is 0.188. The number of rotatable bonds is 19. The smallest absolute Gasteiger partial charge is 0.334 e. The molecule has 28 heavy (non-hydrogen) atoms. The van der Waals surface area contributed by atoms with Gasteiger partial charge in [-0.15, -0.1) is 0 Å². The minimum atomic E-state index is -1.96. The van der Waals surface area contributed by atoms with Crippen molar-refractivity contribution in [2.75, 3.05) is 32.9 Å². The maximum Gasteiger partial charge on any atom is 0.334 e. The molecule has 0 aliphatic carbocycles. The highest BCUT2D eigenvalue weighted by Gasteiger charge is 2.29. The quantitative estimate of drug-likeness (QED) is 0.147. The van der Waals surface area contributed by atoms with Crippen molar-refractivity contribution in [1.29, 1.82) is 0 Å². The zero-order chi connectivity index (χ0) is 21.1. The van der Waals surface area contributed by atoms with E-state index in [1.54, 1.807) is 0 Å². The summed E-state index contributed by atoms with van der Waals surface area (Å²) < 4.78 is 17.5. The molecular weight excluding hydrogens is 384 g/mol. The van der Waals surface area contributed by atoms with Gasteiger partial charge in [-0.25, -0.2) is 0 Å². The summed E-state index contributed by atoms with van der Waals surface area (Å²) in [7, 11) is -3.38. The molecule has 0 N–H and O–H groups in total. The van der Waals surface area contributed by atoms with Crippen LogP contribution in [0.1, 0.15) is 59.3 Å². The Morgan fingerprint density at radius 2 is 1.11 bits per heavy atom. The fourth-order valence-corrected chi connectivity index (χ4v) is 7.51. The largest absolute Gasteiger partial charge is 0.418 e. The van der Waals surface area contributed by atoms with E-state index in [1.165, 1.54) is 18.9 Å². The van der Waals surface area contributed by atoms with Crippen LogP contribution in [-0.2, 0) is 13.3 Å². The van der Waals surface area contributed by atoms with E-state index in [1.807, 2.05) is 13.8 Å². The van der Waals surface area contributed by atoms with E-state index < -0.39 is 16.9 Å². The van der Waals surface area contributed by atoms with Crippen molar-refractivity contribution in [2.45, 2.75) is 91.0 Å². The first-order valence-corrected chi connectivity index (χ1v) is 16.9. The molecule has 0 rings (SSSR count). The molecule has 0 aromatic carbocycles. The maximum absolute atomic E-state index is 5.85. The van der Waals surface area contributed by atoms with Gasteiger partial charge in [0, 0.05) is 32.9 Å². The van der Waals surface area contributed by atoms with Crippen LogP contribution in [-0.4, -0.2) is 62.2 Å². The van der Waals surface area contributed by atoms with Gasteiger partial charge in [-0.1, -0.05) is 0 Å². The predicted octanol–water partition coefficient (Wildman–Crippen LogP) is 5.86. The van der Waals surface area contributed by atoms with Gasteiger partial charge in [-0.3, -0.25) is 9.98 Å². The summed E-state index contributed by atoms with van der Waals surface area (Å²) in [5, 5.41) is 0. The summed E-state index contributed by atoms with van der Waals surface area (Å²) in [4.78, 5) is 9.07. The lowest BCUT2D eigenvalue weighted by Gasteiger charge is -2.25. The first-order chi connectivity index (χ1) is 13.4. The van der Waals surface area contributed by atoms with E-state index in [0.717, 1.165) is 64.6 Å². The summed E-state index contributed by atoms with van der Waals surface area (Å²) >= 11 is 0. The fraction of sp³-hybridized carbons (Fsp3) is 0.905. The number of nitrogens with zero attached hydrogens (tertiary/aromatic N) is 2. The molecule has 0 saturated carbocycles. The summed E-state index contributed by atoms with van der Waals surface area (Å²) in [5.41, 5.74) is 0. The number of hydrogen-bond acceptors (Lipinski definition) is 5. The topological polar surface area (TPSA) is 52.4 Å². The van der Waals surface area contributed by atoms with Crippen LogP contribution >= 0.6 is 0 Å². The third kappa shape index (κ3) is 16.6. The third-order valence-corrected chi connectivity index (χ3v) is 10.3. The molecular formula is C21H46N2O3Si2. The minimum Gasteiger partial charge on any atom is -0.418 e. The summed E-state index contributed by atoms with van der Waals surface area (Å²) in [6.07, 6.45) is 10.9. The molecule has 0 aliphatic rings. The van der Waals surface area contributed by atoms with Crippen LogP contribution < -0.4 is 0 Å². The first kappa shape index (κ1) is 27.7. The van der Waals surface area contributed by atoms with Crippen molar-refractivity contribution >= 4 is 29.3 Å². The molecule has 0 unspecified atom stereocenters. The van der Waals surface area contributed by atoms with Gasteiger partial charge in [0.1, 0.15) is 0 Å². The Morgan fingerprint density at radius 3 is 1.57 bits per heavy atom. The van der Waals surface area contributed by atoms with Crippen molar-refractivity contribution < 1.29 is 13.3 Å². The highest BCUT2D eigenvalue weighted by molar-refractivity contribution is 6.71. The van der Waals surface area contributed by atoms with Crippen LogP contribution in [0.2, 0.25) is 31.7 Å². The van der Waals surface area contributed by atoms with Gasteiger partial charge in [-0.2, -0.15) is 0 Å². The van der Waals surface area contributed by atoms with E-state index >= 15 is 0 Å². The number of hydrogen-bond donors (Lipinski definition) is 0. The van der Waals surface area contributed by atoms with Crippen LogP contribution in [0.4, 0.5) is 0 Å². The molecule has 5 nitrogen and oxygen atoms in total. The number of unbranched alkanes of at least 4 members (excludes halogenated alkanes) is 3. The average molecular weight is 431 g/mol. The van der Waals surface area contributed by atoms with Crippen LogP contribution in [0.25, 0.3) is 0 Å². The maximum atomic E-state index is 5.85. The SMILES string of the molecule is CCO[Si](C)(C)CCCN=CCCCCC=NCCC[Si](C)(OCC)OCC. The normalized spacial score (nSPS) is 13.2. The Bertz CT molecular complexity index is 412. The van der Waals surface area contributed by atoms with Crippen LogP contribution in [0.3, 0.4) is 0 Å². The van der Waals surface area contributed by atoms with Gasteiger partial charge >= 0.3 is 8.56 Å². The first-order valence-electron chi connectivity index (χ1n) is 11.3. The van der Waals surface area contributed by atoms with Gasteiger partial charge in [-0.05, 0) is 103 Å². The Labute approximate surface area is 176 Å². The second-order valence-electron chi connectivity index (χ2n) is 7.86. The van der Waals surface area contributed by atoms with Crippen molar-refractivity contribution in [3.8, 4) is 0 Å². The Balaban J connectivity index is 3.60. The summed E-state index contributed by atoms with van der Waals surface area (Å²) in [6.45, 7) is 17.0. The fourth-order valence-electron chi connectivity index (χ4n) is 3.18. The van der Waals surface area contributed by atoms with Crippen molar-refractivity contribution in [3.63, 3.8) is 0 Å². The van der Waals surface area contributed by atoms with Crippen LogP contribution in [0.15, 0.2) is 9.98 Å². The third-order valence-electron chi connectivity index (χ3n) is 4.59.